The molecule has 31 heavy (non-hydrogen) atoms. The first-order chi connectivity index (χ1) is 15.1. The second-order valence-corrected chi connectivity index (χ2v) is 7.60. The number of hydrogen-bond acceptors (Lipinski definition) is 5. The summed E-state index contributed by atoms with van der Waals surface area (Å²) in [5.74, 6) is -0.269. The number of likely N-dealkylation sites (N-methyl/N-ethyl adjacent to an activating group) is 1. The molecule has 2 aromatic rings. The number of anilines is 3. The lowest BCUT2D eigenvalue weighted by Gasteiger charge is -2.29. The lowest BCUT2D eigenvalue weighted by Crippen LogP contribution is -2.38. The summed E-state index contributed by atoms with van der Waals surface area (Å²) < 4.78 is 5.38. The molecule has 7 nitrogen and oxygen atoms in total. The number of carbonyl (C=O) groups is 2. The Morgan fingerprint density at radius 1 is 0.871 bits per heavy atom. The Balaban J connectivity index is 1.46. The van der Waals surface area contributed by atoms with Crippen molar-refractivity contribution in [1.82, 2.24) is 4.90 Å². The van der Waals surface area contributed by atoms with Crippen molar-refractivity contribution in [2.24, 2.45) is 0 Å². The van der Waals surface area contributed by atoms with Crippen LogP contribution in [0.2, 0.25) is 0 Å². The maximum absolute atomic E-state index is 12.5. The molecule has 0 atom stereocenters. The molecule has 0 aliphatic carbocycles. The highest BCUT2D eigenvalue weighted by Gasteiger charge is 2.14. The van der Waals surface area contributed by atoms with Gasteiger partial charge < -0.3 is 20.3 Å². The number of ether oxygens (including phenoxy) is 1. The summed E-state index contributed by atoms with van der Waals surface area (Å²) in [6.45, 7) is 8.19. The molecule has 0 bridgehead atoms. The van der Waals surface area contributed by atoms with Gasteiger partial charge in [-0.3, -0.25) is 14.5 Å². The van der Waals surface area contributed by atoms with Crippen LogP contribution in [-0.4, -0.2) is 62.7 Å². The quantitative estimate of drug-likeness (QED) is 0.647. The number of nitrogens with zero attached hydrogens (tertiary/aromatic N) is 2. The van der Waals surface area contributed by atoms with Crippen molar-refractivity contribution in [2.75, 3.05) is 61.5 Å². The second kappa shape index (κ2) is 11.5. The highest BCUT2D eigenvalue weighted by molar-refractivity contribution is 5.94. The number of rotatable bonds is 9. The van der Waals surface area contributed by atoms with Crippen molar-refractivity contribution < 1.29 is 14.3 Å². The average Bonchev–Trinajstić information content (AvgIpc) is 2.80. The van der Waals surface area contributed by atoms with Crippen LogP contribution < -0.4 is 15.5 Å². The highest BCUT2D eigenvalue weighted by atomic mass is 16.5. The number of carbonyl (C=O) groups excluding carboxylic acids is 2. The molecule has 166 valence electrons. The van der Waals surface area contributed by atoms with Gasteiger partial charge in [0, 0.05) is 30.2 Å². The third-order valence-electron chi connectivity index (χ3n) is 5.35. The Morgan fingerprint density at radius 2 is 1.39 bits per heavy atom. The van der Waals surface area contributed by atoms with Crippen LogP contribution in [0.25, 0.3) is 0 Å². The third kappa shape index (κ3) is 7.08. The fraction of sp³-hybridized carbons (Fsp3) is 0.417. The van der Waals surface area contributed by atoms with E-state index in [1.165, 1.54) is 5.56 Å². The molecule has 0 spiro atoms. The molecule has 0 unspecified atom stereocenters. The molecule has 2 N–H and O–H groups in total. The van der Waals surface area contributed by atoms with Gasteiger partial charge in [-0.05, 0) is 54.9 Å². The first-order valence-corrected chi connectivity index (χ1v) is 10.9. The van der Waals surface area contributed by atoms with Crippen LogP contribution in [0.5, 0.6) is 0 Å². The molecule has 1 heterocycles. The van der Waals surface area contributed by atoms with E-state index < -0.39 is 0 Å². The molecule has 2 amide bonds. The minimum absolute atomic E-state index is 0.131. The minimum atomic E-state index is -0.138. The van der Waals surface area contributed by atoms with Gasteiger partial charge >= 0.3 is 0 Å². The number of nitrogens with one attached hydrogen (secondary N) is 2. The largest absolute Gasteiger partial charge is 0.378 e. The van der Waals surface area contributed by atoms with Gasteiger partial charge in [0.2, 0.25) is 11.8 Å². The zero-order valence-corrected chi connectivity index (χ0v) is 18.4. The molecular weight excluding hydrogens is 392 g/mol. The van der Waals surface area contributed by atoms with Crippen molar-refractivity contribution in [3.8, 4) is 0 Å². The van der Waals surface area contributed by atoms with Crippen molar-refractivity contribution in [3.63, 3.8) is 0 Å². The van der Waals surface area contributed by atoms with E-state index in [2.05, 4.69) is 22.5 Å². The van der Waals surface area contributed by atoms with E-state index in [4.69, 9.17) is 4.74 Å². The van der Waals surface area contributed by atoms with E-state index in [0.717, 1.165) is 49.8 Å². The summed E-state index contributed by atoms with van der Waals surface area (Å²) in [4.78, 5) is 28.9. The van der Waals surface area contributed by atoms with Gasteiger partial charge in [-0.15, -0.1) is 0 Å². The topological polar surface area (TPSA) is 73.9 Å². The summed E-state index contributed by atoms with van der Waals surface area (Å²) in [5, 5.41) is 5.81. The smallest absolute Gasteiger partial charge is 0.238 e. The van der Waals surface area contributed by atoms with E-state index >= 15 is 0 Å². The third-order valence-corrected chi connectivity index (χ3v) is 5.35. The Hall–Kier alpha value is -2.90. The Kier molecular flexibility index (Phi) is 8.44. The zero-order valence-electron chi connectivity index (χ0n) is 18.4. The molecule has 1 fully saturated rings. The Morgan fingerprint density at radius 3 is 1.87 bits per heavy atom. The van der Waals surface area contributed by atoms with Crippen LogP contribution >= 0.6 is 0 Å². The van der Waals surface area contributed by atoms with Gasteiger partial charge in [0.1, 0.15) is 0 Å². The van der Waals surface area contributed by atoms with Crippen LogP contribution in [0.4, 0.5) is 17.1 Å². The van der Waals surface area contributed by atoms with Gasteiger partial charge in [-0.1, -0.05) is 26.0 Å². The SMILES string of the molecule is CCc1ccc(NC(=O)CN(CC)CC(=O)Nc2ccc(N3CCOCC3)cc2)cc1. The standard InChI is InChI=1S/C24H32N4O3/c1-3-19-5-7-20(8-6-19)25-23(29)17-27(4-2)18-24(30)26-21-9-11-22(12-10-21)28-13-15-31-16-14-28/h5-12H,3-4,13-18H2,1-2H3,(H,25,29)(H,26,30). The van der Waals surface area contributed by atoms with Crippen molar-refractivity contribution in [3.05, 3.63) is 54.1 Å². The lowest BCUT2D eigenvalue weighted by atomic mass is 10.1. The van der Waals surface area contributed by atoms with Crippen molar-refractivity contribution in [1.29, 1.82) is 0 Å². The van der Waals surface area contributed by atoms with E-state index in [1.54, 1.807) is 0 Å². The molecule has 1 aliphatic heterocycles. The monoisotopic (exact) mass is 424 g/mol. The summed E-state index contributed by atoms with van der Waals surface area (Å²) >= 11 is 0. The second-order valence-electron chi connectivity index (χ2n) is 7.60. The Labute approximate surface area is 184 Å². The highest BCUT2D eigenvalue weighted by Crippen LogP contribution is 2.19. The molecule has 3 rings (SSSR count). The molecule has 0 radical (unpaired) electrons. The van der Waals surface area contributed by atoms with Crippen LogP contribution in [0.3, 0.4) is 0 Å². The number of morpholine rings is 1. The predicted molar refractivity (Wildman–Crippen MR) is 125 cm³/mol. The van der Waals surface area contributed by atoms with Gasteiger partial charge in [0.05, 0.1) is 26.3 Å². The maximum Gasteiger partial charge on any atom is 0.238 e. The molecule has 7 heteroatoms. The fourth-order valence-electron chi connectivity index (χ4n) is 3.49. The first kappa shape index (κ1) is 22.8. The van der Waals surface area contributed by atoms with E-state index in [0.29, 0.717) is 6.54 Å². The number of aryl methyl sites for hydroxylation is 1. The van der Waals surface area contributed by atoms with Crippen molar-refractivity contribution in [2.45, 2.75) is 20.3 Å². The fourth-order valence-corrected chi connectivity index (χ4v) is 3.49. The molecule has 1 aliphatic rings. The number of amides is 2. The van der Waals surface area contributed by atoms with Gasteiger partial charge in [0.15, 0.2) is 0 Å². The zero-order chi connectivity index (χ0) is 22.1. The van der Waals surface area contributed by atoms with Crippen LogP contribution in [0, 0.1) is 0 Å². The normalized spacial score (nSPS) is 13.8. The van der Waals surface area contributed by atoms with E-state index in [1.807, 2.05) is 60.4 Å². The summed E-state index contributed by atoms with van der Waals surface area (Å²) in [7, 11) is 0. The maximum atomic E-state index is 12.5. The molecule has 0 aromatic heterocycles. The predicted octanol–water partition coefficient (Wildman–Crippen LogP) is 2.98. The van der Waals surface area contributed by atoms with Gasteiger partial charge in [-0.2, -0.15) is 0 Å². The van der Waals surface area contributed by atoms with E-state index in [-0.39, 0.29) is 24.9 Å². The number of hydrogen-bond donors (Lipinski definition) is 2. The Bertz CT molecular complexity index is 846. The number of benzene rings is 2. The molecular formula is C24H32N4O3. The first-order valence-electron chi connectivity index (χ1n) is 10.9. The minimum Gasteiger partial charge on any atom is -0.378 e. The average molecular weight is 425 g/mol. The van der Waals surface area contributed by atoms with Crippen LogP contribution in [0.1, 0.15) is 19.4 Å². The lowest BCUT2D eigenvalue weighted by molar-refractivity contribution is -0.119. The summed E-state index contributed by atoms with van der Waals surface area (Å²) in [6.07, 6.45) is 0.961. The van der Waals surface area contributed by atoms with Crippen molar-refractivity contribution >= 4 is 28.9 Å². The van der Waals surface area contributed by atoms with Crippen LogP contribution in [-0.2, 0) is 20.7 Å². The van der Waals surface area contributed by atoms with E-state index in [9.17, 15) is 9.59 Å². The molecule has 0 saturated carbocycles. The van der Waals surface area contributed by atoms with Gasteiger partial charge in [0.25, 0.3) is 0 Å². The van der Waals surface area contributed by atoms with Gasteiger partial charge in [-0.25, -0.2) is 0 Å². The summed E-state index contributed by atoms with van der Waals surface area (Å²) in [5.41, 5.74) is 3.87. The molecule has 1 saturated heterocycles. The molecule has 2 aromatic carbocycles. The van der Waals surface area contributed by atoms with Crippen LogP contribution in [0.15, 0.2) is 48.5 Å². The summed E-state index contributed by atoms with van der Waals surface area (Å²) in [6, 6.07) is 15.7.